The fourth-order valence-corrected chi connectivity index (χ4v) is 3.10. The molecule has 0 fully saturated rings. The summed E-state index contributed by atoms with van der Waals surface area (Å²) in [6.45, 7) is 0.366. The van der Waals surface area contributed by atoms with Gasteiger partial charge in [0.05, 0.1) is 15.1 Å². The van der Waals surface area contributed by atoms with Gasteiger partial charge in [0.2, 0.25) is 0 Å². The second kappa shape index (κ2) is 6.04. The molecular weight excluding hydrogens is 385 g/mol. The molecule has 7 heteroatoms. The Morgan fingerprint density at radius 2 is 2.00 bits per heavy atom. The van der Waals surface area contributed by atoms with Crippen LogP contribution in [0.4, 0.5) is 0 Å². The predicted molar refractivity (Wildman–Crippen MR) is 76.7 cm³/mol. The molecule has 0 atom stereocenters. The van der Waals surface area contributed by atoms with E-state index in [1.54, 1.807) is 4.68 Å². The highest BCUT2D eigenvalue weighted by Gasteiger charge is 2.10. The lowest BCUT2D eigenvalue weighted by molar-refractivity contribution is 0.297. The number of aromatic nitrogens is 3. The zero-order valence-corrected chi connectivity index (χ0v) is 13.5. The Morgan fingerprint density at radius 3 is 2.50 bits per heavy atom. The molecule has 2 aromatic rings. The SMILES string of the molecule is Cn1cc(COc2c(Br)cc(CCl)cc2Br)nn1. The van der Waals surface area contributed by atoms with E-state index < -0.39 is 0 Å². The highest BCUT2D eigenvalue weighted by atomic mass is 79.9. The highest BCUT2D eigenvalue weighted by Crippen LogP contribution is 2.35. The van der Waals surface area contributed by atoms with Gasteiger partial charge in [-0.1, -0.05) is 5.21 Å². The summed E-state index contributed by atoms with van der Waals surface area (Å²) < 4.78 is 9.07. The van der Waals surface area contributed by atoms with Gasteiger partial charge in [-0.15, -0.1) is 16.7 Å². The molecule has 2 rings (SSSR count). The van der Waals surface area contributed by atoms with Crippen molar-refractivity contribution in [2.45, 2.75) is 12.5 Å². The summed E-state index contributed by atoms with van der Waals surface area (Å²) in [5.41, 5.74) is 1.79. The van der Waals surface area contributed by atoms with Crippen LogP contribution in [0.15, 0.2) is 27.3 Å². The van der Waals surface area contributed by atoms with Gasteiger partial charge in [-0.05, 0) is 49.6 Å². The van der Waals surface area contributed by atoms with Crippen LogP contribution in [0.25, 0.3) is 0 Å². The molecule has 0 radical (unpaired) electrons. The van der Waals surface area contributed by atoms with Gasteiger partial charge in [-0.2, -0.15) is 0 Å². The maximum absolute atomic E-state index is 5.80. The van der Waals surface area contributed by atoms with Gasteiger partial charge in [-0.25, -0.2) is 0 Å². The van der Waals surface area contributed by atoms with E-state index in [1.165, 1.54) is 0 Å². The third kappa shape index (κ3) is 3.24. The highest BCUT2D eigenvalue weighted by molar-refractivity contribution is 9.11. The molecule has 1 heterocycles. The van der Waals surface area contributed by atoms with Crippen molar-refractivity contribution in [1.82, 2.24) is 15.0 Å². The van der Waals surface area contributed by atoms with Crippen LogP contribution in [0.2, 0.25) is 0 Å². The molecule has 18 heavy (non-hydrogen) atoms. The minimum atomic E-state index is 0.366. The summed E-state index contributed by atoms with van der Waals surface area (Å²) in [6, 6.07) is 3.87. The number of nitrogens with zero attached hydrogens (tertiary/aromatic N) is 3. The van der Waals surface area contributed by atoms with Crippen molar-refractivity contribution >= 4 is 43.5 Å². The van der Waals surface area contributed by atoms with E-state index in [9.17, 15) is 0 Å². The molecule has 0 amide bonds. The van der Waals surface area contributed by atoms with Crippen molar-refractivity contribution in [1.29, 1.82) is 0 Å². The molecular formula is C11H10Br2ClN3O. The van der Waals surface area contributed by atoms with E-state index in [4.69, 9.17) is 16.3 Å². The van der Waals surface area contributed by atoms with E-state index in [1.807, 2.05) is 25.4 Å². The molecule has 96 valence electrons. The first kappa shape index (κ1) is 13.8. The van der Waals surface area contributed by atoms with Crippen LogP contribution in [-0.4, -0.2) is 15.0 Å². The van der Waals surface area contributed by atoms with Crippen molar-refractivity contribution in [3.05, 3.63) is 38.5 Å². The Bertz CT molecular complexity index is 536. The maximum atomic E-state index is 5.80. The zero-order valence-electron chi connectivity index (χ0n) is 9.53. The minimum absolute atomic E-state index is 0.366. The first-order valence-electron chi connectivity index (χ1n) is 5.12. The fraction of sp³-hybridized carbons (Fsp3) is 0.273. The average Bonchev–Trinajstić information content (AvgIpc) is 2.73. The van der Waals surface area contributed by atoms with E-state index in [-0.39, 0.29) is 0 Å². The van der Waals surface area contributed by atoms with Gasteiger partial charge < -0.3 is 4.74 Å². The zero-order chi connectivity index (χ0) is 13.1. The molecule has 0 saturated heterocycles. The number of alkyl halides is 1. The Balaban J connectivity index is 2.14. The minimum Gasteiger partial charge on any atom is -0.485 e. The van der Waals surface area contributed by atoms with Crippen LogP contribution >= 0.6 is 43.5 Å². The summed E-state index contributed by atoms with van der Waals surface area (Å²) >= 11 is 12.7. The monoisotopic (exact) mass is 393 g/mol. The van der Waals surface area contributed by atoms with E-state index in [0.717, 1.165) is 26.0 Å². The third-order valence-electron chi connectivity index (χ3n) is 2.23. The van der Waals surface area contributed by atoms with E-state index >= 15 is 0 Å². The smallest absolute Gasteiger partial charge is 0.148 e. The lowest BCUT2D eigenvalue weighted by Crippen LogP contribution is -1.98. The Morgan fingerprint density at radius 1 is 1.33 bits per heavy atom. The van der Waals surface area contributed by atoms with E-state index in [2.05, 4.69) is 42.2 Å². The first-order chi connectivity index (χ1) is 8.60. The van der Waals surface area contributed by atoms with Crippen molar-refractivity contribution in [2.75, 3.05) is 0 Å². The molecule has 0 aliphatic carbocycles. The Hall–Kier alpha value is -0.590. The number of hydrogen-bond donors (Lipinski definition) is 0. The molecule has 4 nitrogen and oxygen atoms in total. The summed E-state index contributed by atoms with van der Waals surface area (Å²) in [5, 5.41) is 7.81. The Labute approximate surface area is 127 Å². The van der Waals surface area contributed by atoms with Gasteiger partial charge in [0, 0.05) is 12.9 Å². The van der Waals surface area contributed by atoms with Gasteiger partial charge in [-0.3, -0.25) is 4.68 Å². The van der Waals surface area contributed by atoms with Gasteiger partial charge in [0.15, 0.2) is 0 Å². The fourth-order valence-electron chi connectivity index (χ4n) is 1.43. The Kier molecular flexibility index (Phi) is 4.64. The lowest BCUT2D eigenvalue weighted by Gasteiger charge is -2.10. The summed E-state index contributed by atoms with van der Waals surface area (Å²) in [7, 11) is 1.82. The number of benzene rings is 1. The molecule has 0 aliphatic rings. The summed E-state index contributed by atoms with van der Waals surface area (Å²) in [6.07, 6.45) is 1.81. The second-order valence-electron chi connectivity index (χ2n) is 3.69. The molecule has 0 bridgehead atoms. The van der Waals surface area contributed by atoms with Crippen LogP contribution in [0.5, 0.6) is 5.75 Å². The van der Waals surface area contributed by atoms with Crippen molar-refractivity contribution in [3.8, 4) is 5.75 Å². The van der Waals surface area contributed by atoms with E-state index in [0.29, 0.717) is 12.5 Å². The van der Waals surface area contributed by atoms with Crippen molar-refractivity contribution in [2.24, 2.45) is 7.05 Å². The largest absolute Gasteiger partial charge is 0.485 e. The molecule has 1 aromatic carbocycles. The van der Waals surface area contributed by atoms with Crippen LogP contribution in [0, 0.1) is 0 Å². The lowest BCUT2D eigenvalue weighted by atomic mass is 10.2. The molecule has 0 aliphatic heterocycles. The molecule has 0 unspecified atom stereocenters. The quantitative estimate of drug-likeness (QED) is 0.742. The average molecular weight is 395 g/mol. The standard InChI is InChI=1S/C11H10Br2ClN3O/c1-17-5-8(15-16-17)6-18-11-9(12)2-7(4-14)3-10(11)13/h2-3,5H,4,6H2,1H3. The van der Waals surface area contributed by atoms with Gasteiger partial charge in [0.1, 0.15) is 18.1 Å². The van der Waals surface area contributed by atoms with Crippen LogP contribution in [0.3, 0.4) is 0 Å². The van der Waals surface area contributed by atoms with Crippen molar-refractivity contribution < 1.29 is 4.74 Å². The predicted octanol–water partition coefficient (Wildman–Crippen LogP) is 3.66. The normalized spacial score (nSPS) is 10.7. The number of aryl methyl sites for hydroxylation is 1. The molecule has 0 spiro atoms. The number of hydrogen-bond acceptors (Lipinski definition) is 3. The van der Waals surface area contributed by atoms with Crippen LogP contribution < -0.4 is 4.74 Å². The van der Waals surface area contributed by atoms with Gasteiger partial charge in [0.25, 0.3) is 0 Å². The van der Waals surface area contributed by atoms with Crippen LogP contribution in [0.1, 0.15) is 11.3 Å². The topological polar surface area (TPSA) is 39.9 Å². The summed E-state index contributed by atoms with van der Waals surface area (Å²) in [5.74, 6) is 1.19. The van der Waals surface area contributed by atoms with Gasteiger partial charge >= 0.3 is 0 Å². The molecule has 1 aromatic heterocycles. The first-order valence-corrected chi connectivity index (χ1v) is 7.24. The number of ether oxygens (including phenoxy) is 1. The maximum Gasteiger partial charge on any atom is 0.148 e. The second-order valence-corrected chi connectivity index (χ2v) is 5.67. The third-order valence-corrected chi connectivity index (χ3v) is 3.71. The number of halogens is 3. The van der Waals surface area contributed by atoms with Crippen LogP contribution in [-0.2, 0) is 19.5 Å². The number of rotatable bonds is 4. The molecule has 0 N–H and O–H groups in total. The van der Waals surface area contributed by atoms with Crippen molar-refractivity contribution in [3.63, 3.8) is 0 Å². The molecule has 0 saturated carbocycles. The summed E-state index contributed by atoms with van der Waals surface area (Å²) in [4.78, 5) is 0.